The maximum Gasteiger partial charge on any atom is 0.132 e. The minimum absolute atomic E-state index is 0.0673. The Bertz CT molecular complexity index is 861. The van der Waals surface area contributed by atoms with Gasteiger partial charge in [0.25, 0.3) is 0 Å². The molecule has 0 spiro atoms. The maximum absolute atomic E-state index is 4.55. The fourth-order valence-corrected chi connectivity index (χ4v) is 2.98. The van der Waals surface area contributed by atoms with Crippen LogP contribution in [0.5, 0.6) is 0 Å². The van der Waals surface area contributed by atoms with E-state index >= 15 is 0 Å². The predicted molar refractivity (Wildman–Crippen MR) is 104 cm³/mol. The average Bonchev–Trinajstić information content (AvgIpc) is 3.50. The second kappa shape index (κ2) is 7.52. The van der Waals surface area contributed by atoms with Crippen LogP contribution in [0, 0.1) is 12.8 Å². The summed E-state index contributed by atoms with van der Waals surface area (Å²) < 4.78 is 0. The van der Waals surface area contributed by atoms with Crippen LogP contribution >= 0.6 is 0 Å². The van der Waals surface area contributed by atoms with Crippen LogP contribution in [0.3, 0.4) is 0 Å². The first-order valence-corrected chi connectivity index (χ1v) is 9.08. The molecule has 1 aliphatic carbocycles. The zero-order chi connectivity index (χ0) is 17.8. The zero-order valence-electron chi connectivity index (χ0n) is 14.9. The zero-order valence-corrected chi connectivity index (χ0v) is 14.9. The van der Waals surface area contributed by atoms with Crippen molar-refractivity contribution in [2.75, 3.05) is 17.2 Å². The van der Waals surface area contributed by atoms with E-state index in [-0.39, 0.29) is 6.04 Å². The Kier molecular flexibility index (Phi) is 4.78. The summed E-state index contributed by atoms with van der Waals surface area (Å²) in [5.74, 6) is 2.45. The van der Waals surface area contributed by atoms with Gasteiger partial charge in [-0.05, 0) is 43.4 Å². The smallest absolute Gasteiger partial charge is 0.132 e. The molecule has 1 unspecified atom stereocenters. The largest absolute Gasteiger partial charge is 0.370 e. The number of pyridine rings is 1. The van der Waals surface area contributed by atoms with E-state index in [0.29, 0.717) is 0 Å². The van der Waals surface area contributed by atoms with E-state index < -0.39 is 0 Å². The Labute approximate surface area is 153 Å². The third kappa shape index (κ3) is 4.17. The topological polar surface area (TPSA) is 62.7 Å². The lowest BCUT2D eigenvalue weighted by Gasteiger charge is -2.20. The molecule has 2 N–H and O–H groups in total. The van der Waals surface area contributed by atoms with Crippen LogP contribution in [0.25, 0.3) is 0 Å². The van der Waals surface area contributed by atoms with Crippen molar-refractivity contribution in [1.82, 2.24) is 15.0 Å². The van der Waals surface area contributed by atoms with Crippen LogP contribution in [0.2, 0.25) is 0 Å². The molecule has 0 radical (unpaired) electrons. The highest BCUT2D eigenvalue weighted by Crippen LogP contribution is 2.29. The number of aromatic nitrogens is 3. The van der Waals surface area contributed by atoms with Crippen molar-refractivity contribution >= 4 is 11.6 Å². The van der Waals surface area contributed by atoms with Crippen molar-refractivity contribution in [3.8, 4) is 0 Å². The number of nitrogens with zero attached hydrogens (tertiary/aromatic N) is 3. The van der Waals surface area contributed by atoms with Gasteiger partial charge in [0.05, 0.1) is 11.7 Å². The third-order valence-corrected chi connectivity index (χ3v) is 4.59. The Hall–Kier alpha value is -2.95. The molecule has 3 aromatic rings. The fraction of sp³-hybridized carbons (Fsp3) is 0.286. The van der Waals surface area contributed by atoms with E-state index in [2.05, 4.69) is 56.8 Å². The molecule has 1 saturated carbocycles. The molecule has 5 nitrogen and oxygen atoms in total. The monoisotopic (exact) mass is 345 g/mol. The van der Waals surface area contributed by atoms with Crippen LogP contribution in [0.4, 0.5) is 11.6 Å². The van der Waals surface area contributed by atoms with E-state index in [0.717, 1.165) is 35.4 Å². The minimum Gasteiger partial charge on any atom is -0.370 e. The van der Waals surface area contributed by atoms with E-state index in [1.165, 1.54) is 18.4 Å². The molecular formula is C21H23N5. The quantitative estimate of drug-likeness (QED) is 0.672. The first kappa shape index (κ1) is 16.5. The normalized spacial score (nSPS) is 14.7. The molecular weight excluding hydrogens is 322 g/mol. The number of anilines is 2. The van der Waals surface area contributed by atoms with Crippen LogP contribution in [0.15, 0.2) is 61.1 Å². The van der Waals surface area contributed by atoms with Crippen molar-refractivity contribution < 1.29 is 0 Å². The highest BCUT2D eigenvalue weighted by atomic mass is 15.1. The summed E-state index contributed by atoms with van der Waals surface area (Å²) >= 11 is 0. The van der Waals surface area contributed by atoms with Crippen LogP contribution in [-0.2, 0) is 0 Å². The lowest BCUT2D eigenvalue weighted by molar-refractivity contribution is 0.867. The summed E-state index contributed by atoms with van der Waals surface area (Å²) in [6, 6.07) is 16.3. The van der Waals surface area contributed by atoms with Crippen molar-refractivity contribution in [2.45, 2.75) is 25.8 Å². The van der Waals surface area contributed by atoms with Crippen LogP contribution in [-0.4, -0.2) is 21.5 Å². The first-order valence-electron chi connectivity index (χ1n) is 9.08. The van der Waals surface area contributed by atoms with Gasteiger partial charge in [-0.3, -0.25) is 4.98 Å². The first-order chi connectivity index (χ1) is 12.8. The highest BCUT2D eigenvalue weighted by Gasteiger charge is 2.21. The summed E-state index contributed by atoms with van der Waals surface area (Å²) in [5, 5.41) is 6.93. The van der Waals surface area contributed by atoms with Gasteiger partial charge in [0.2, 0.25) is 0 Å². The summed E-state index contributed by atoms with van der Waals surface area (Å²) in [7, 11) is 0. The minimum atomic E-state index is -0.0673. The molecule has 1 fully saturated rings. The molecule has 1 aromatic carbocycles. The molecule has 0 bridgehead atoms. The van der Waals surface area contributed by atoms with E-state index in [1.54, 1.807) is 6.33 Å². The molecule has 26 heavy (non-hydrogen) atoms. The van der Waals surface area contributed by atoms with Gasteiger partial charge in [-0.1, -0.05) is 35.9 Å². The standard InChI is InChI=1S/C21H23N5/c1-15-5-4-6-17(11-15)21(18-7-2-3-10-22-18)26-20-12-19(24-14-25-20)23-13-16-8-9-16/h2-7,10-12,14,16,21H,8-9,13H2,1H3,(H2,23,24,25,26). The summed E-state index contributed by atoms with van der Waals surface area (Å²) in [6.07, 6.45) is 6.06. The van der Waals surface area contributed by atoms with Crippen LogP contribution in [0.1, 0.15) is 35.7 Å². The molecule has 0 amide bonds. The van der Waals surface area contributed by atoms with Crippen molar-refractivity contribution in [1.29, 1.82) is 0 Å². The Morgan fingerprint density at radius 3 is 2.65 bits per heavy atom. The predicted octanol–water partition coefficient (Wildman–Crippen LogP) is 4.20. The molecule has 0 aliphatic heterocycles. The van der Waals surface area contributed by atoms with Gasteiger partial charge in [0.15, 0.2) is 0 Å². The molecule has 2 heterocycles. The van der Waals surface area contributed by atoms with Gasteiger partial charge in [0, 0.05) is 18.8 Å². The van der Waals surface area contributed by atoms with Gasteiger partial charge >= 0.3 is 0 Å². The van der Waals surface area contributed by atoms with Gasteiger partial charge in [-0.25, -0.2) is 9.97 Å². The molecule has 4 rings (SSSR count). The summed E-state index contributed by atoms with van der Waals surface area (Å²) in [5.41, 5.74) is 3.35. The number of nitrogens with one attached hydrogen (secondary N) is 2. The molecule has 0 saturated heterocycles. The lowest BCUT2D eigenvalue weighted by atomic mass is 10.0. The summed E-state index contributed by atoms with van der Waals surface area (Å²) in [4.78, 5) is 13.3. The number of rotatable bonds is 7. The molecule has 1 atom stereocenters. The molecule has 5 heteroatoms. The van der Waals surface area contributed by atoms with E-state index in [1.807, 2.05) is 30.5 Å². The van der Waals surface area contributed by atoms with E-state index in [4.69, 9.17) is 0 Å². The fourth-order valence-electron chi connectivity index (χ4n) is 2.98. The number of hydrogen-bond acceptors (Lipinski definition) is 5. The molecule has 1 aliphatic rings. The van der Waals surface area contributed by atoms with Gasteiger partial charge in [-0.2, -0.15) is 0 Å². The molecule has 132 valence electrons. The number of benzene rings is 1. The Balaban J connectivity index is 1.59. The van der Waals surface area contributed by atoms with Crippen molar-refractivity contribution in [3.63, 3.8) is 0 Å². The maximum atomic E-state index is 4.55. The average molecular weight is 345 g/mol. The van der Waals surface area contributed by atoms with E-state index in [9.17, 15) is 0 Å². The third-order valence-electron chi connectivity index (χ3n) is 4.59. The van der Waals surface area contributed by atoms with Crippen molar-refractivity contribution in [3.05, 3.63) is 77.9 Å². The van der Waals surface area contributed by atoms with Crippen LogP contribution < -0.4 is 10.6 Å². The Morgan fingerprint density at radius 1 is 1.00 bits per heavy atom. The second-order valence-corrected chi connectivity index (χ2v) is 6.86. The number of aryl methyl sites for hydroxylation is 1. The lowest BCUT2D eigenvalue weighted by Crippen LogP contribution is -2.15. The highest BCUT2D eigenvalue weighted by molar-refractivity contribution is 5.50. The van der Waals surface area contributed by atoms with Gasteiger partial charge in [0.1, 0.15) is 18.0 Å². The second-order valence-electron chi connectivity index (χ2n) is 6.86. The summed E-state index contributed by atoms with van der Waals surface area (Å²) in [6.45, 7) is 3.08. The Morgan fingerprint density at radius 2 is 1.88 bits per heavy atom. The SMILES string of the molecule is Cc1cccc(C(Nc2cc(NCC3CC3)ncn2)c2ccccn2)c1. The van der Waals surface area contributed by atoms with Gasteiger partial charge in [-0.15, -0.1) is 0 Å². The van der Waals surface area contributed by atoms with Crippen molar-refractivity contribution in [2.24, 2.45) is 5.92 Å². The van der Waals surface area contributed by atoms with Gasteiger partial charge < -0.3 is 10.6 Å². The molecule has 2 aromatic heterocycles. The number of hydrogen-bond donors (Lipinski definition) is 2.